The standard InChI is InChI=1S/C17H25ClN2O3S/c1-2-24(21,22)19-9-14-7-8-17(23-11-14)12-20(13-17)10-15-5-3-4-6-16(15)18/h3-6,14,19H,2,7-13H2,1H3. The first kappa shape index (κ1) is 18.1. The minimum absolute atomic E-state index is 0.0403. The summed E-state index contributed by atoms with van der Waals surface area (Å²) in [4.78, 5) is 2.35. The van der Waals surface area contributed by atoms with Crippen LogP contribution in [0.3, 0.4) is 0 Å². The Kier molecular flexibility index (Phi) is 5.52. The van der Waals surface area contributed by atoms with Gasteiger partial charge in [0.25, 0.3) is 0 Å². The molecule has 0 bridgehead atoms. The van der Waals surface area contributed by atoms with E-state index in [1.165, 1.54) is 0 Å². The van der Waals surface area contributed by atoms with Crippen molar-refractivity contribution in [3.63, 3.8) is 0 Å². The van der Waals surface area contributed by atoms with Gasteiger partial charge in [0.05, 0.1) is 18.0 Å². The van der Waals surface area contributed by atoms with Crippen molar-refractivity contribution in [3.05, 3.63) is 34.9 Å². The Morgan fingerprint density at radius 2 is 2.12 bits per heavy atom. The van der Waals surface area contributed by atoms with Crippen LogP contribution in [0.25, 0.3) is 0 Å². The minimum atomic E-state index is -3.11. The Morgan fingerprint density at radius 1 is 1.38 bits per heavy atom. The van der Waals surface area contributed by atoms with Gasteiger partial charge in [0.1, 0.15) is 0 Å². The van der Waals surface area contributed by atoms with E-state index in [-0.39, 0.29) is 17.3 Å². The largest absolute Gasteiger partial charge is 0.372 e. The maximum atomic E-state index is 11.5. The van der Waals surface area contributed by atoms with Gasteiger partial charge >= 0.3 is 0 Å². The van der Waals surface area contributed by atoms with Crippen molar-refractivity contribution in [2.75, 3.05) is 32.0 Å². The zero-order valence-electron chi connectivity index (χ0n) is 14.0. The second-order valence-electron chi connectivity index (χ2n) is 6.89. The quantitative estimate of drug-likeness (QED) is 0.832. The molecule has 2 fully saturated rings. The molecule has 2 heterocycles. The van der Waals surface area contributed by atoms with Crippen LogP contribution in [0.4, 0.5) is 0 Å². The molecule has 1 atom stereocenters. The van der Waals surface area contributed by atoms with E-state index >= 15 is 0 Å². The summed E-state index contributed by atoms with van der Waals surface area (Å²) in [5.74, 6) is 0.399. The number of hydrogen-bond donors (Lipinski definition) is 1. The summed E-state index contributed by atoms with van der Waals surface area (Å²) in [6, 6.07) is 7.94. The van der Waals surface area contributed by atoms with Crippen molar-refractivity contribution in [1.29, 1.82) is 0 Å². The van der Waals surface area contributed by atoms with Gasteiger partial charge in [-0.05, 0) is 37.3 Å². The van der Waals surface area contributed by atoms with Crippen molar-refractivity contribution < 1.29 is 13.2 Å². The van der Waals surface area contributed by atoms with Gasteiger partial charge in [-0.2, -0.15) is 0 Å². The molecule has 1 aromatic carbocycles. The van der Waals surface area contributed by atoms with E-state index in [0.717, 1.165) is 43.1 Å². The van der Waals surface area contributed by atoms with Crippen LogP contribution in [0.5, 0.6) is 0 Å². The molecule has 0 aromatic heterocycles. The first-order valence-corrected chi connectivity index (χ1v) is 10.5. The molecule has 1 spiro atoms. The van der Waals surface area contributed by atoms with E-state index < -0.39 is 10.0 Å². The Balaban J connectivity index is 1.43. The van der Waals surface area contributed by atoms with Gasteiger partial charge in [0.15, 0.2) is 0 Å². The number of likely N-dealkylation sites (tertiary alicyclic amines) is 1. The van der Waals surface area contributed by atoms with Gasteiger partial charge in [0.2, 0.25) is 10.0 Å². The summed E-state index contributed by atoms with van der Waals surface area (Å²) in [7, 11) is -3.11. The fourth-order valence-corrected chi connectivity index (χ4v) is 4.31. The predicted molar refractivity (Wildman–Crippen MR) is 95.6 cm³/mol. The summed E-state index contributed by atoms with van der Waals surface area (Å²) < 4.78 is 31.8. The fraction of sp³-hybridized carbons (Fsp3) is 0.647. The summed E-state index contributed by atoms with van der Waals surface area (Å²) in [5.41, 5.74) is 1.11. The number of benzene rings is 1. The first-order valence-electron chi connectivity index (χ1n) is 8.48. The van der Waals surface area contributed by atoms with Gasteiger partial charge in [0, 0.05) is 31.2 Å². The molecule has 7 heteroatoms. The molecule has 1 unspecified atom stereocenters. The number of hydrogen-bond acceptors (Lipinski definition) is 4. The number of sulfonamides is 1. The van der Waals surface area contributed by atoms with E-state index in [4.69, 9.17) is 16.3 Å². The molecule has 0 saturated carbocycles. The van der Waals surface area contributed by atoms with Crippen LogP contribution in [0.15, 0.2) is 24.3 Å². The van der Waals surface area contributed by atoms with Crippen LogP contribution < -0.4 is 4.72 Å². The van der Waals surface area contributed by atoms with Crippen LogP contribution in [0, 0.1) is 5.92 Å². The highest BCUT2D eigenvalue weighted by Crippen LogP contribution is 2.37. The molecule has 2 aliphatic heterocycles. The molecule has 2 aliphatic rings. The molecular weight excluding hydrogens is 348 g/mol. The molecule has 0 radical (unpaired) electrons. The van der Waals surface area contributed by atoms with Crippen molar-refractivity contribution >= 4 is 21.6 Å². The minimum Gasteiger partial charge on any atom is -0.372 e. The fourth-order valence-electron chi connectivity index (χ4n) is 3.42. The van der Waals surface area contributed by atoms with Crippen LogP contribution in [0.1, 0.15) is 25.3 Å². The van der Waals surface area contributed by atoms with Gasteiger partial charge in [-0.3, -0.25) is 4.90 Å². The monoisotopic (exact) mass is 372 g/mol. The smallest absolute Gasteiger partial charge is 0.211 e. The molecule has 5 nitrogen and oxygen atoms in total. The third kappa shape index (κ3) is 4.29. The van der Waals surface area contributed by atoms with Crippen molar-refractivity contribution in [3.8, 4) is 0 Å². The highest BCUT2D eigenvalue weighted by Gasteiger charge is 2.46. The van der Waals surface area contributed by atoms with Crippen molar-refractivity contribution in [2.45, 2.75) is 31.9 Å². The van der Waals surface area contributed by atoms with Crippen LogP contribution in [-0.2, 0) is 21.3 Å². The van der Waals surface area contributed by atoms with E-state index in [0.29, 0.717) is 13.2 Å². The zero-order chi connectivity index (χ0) is 17.2. The Bertz CT molecular complexity index is 664. The number of ether oxygens (including phenoxy) is 1. The first-order chi connectivity index (χ1) is 11.4. The molecule has 134 valence electrons. The Hall–Kier alpha value is -0.660. The lowest BCUT2D eigenvalue weighted by Crippen LogP contribution is -2.64. The maximum absolute atomic E-state index is 11.5. The number of nitrogens with one attached hydrogen (secondary N) is 1. The molecule has 0 aliphatic carbocycles. The maximum Gasteiger partial charge on any atom is 0.211 e. The highest BCUT2D eigenvalue weighted by molar-refractivity contribution is 7.89. The van der Waals surface area contributed by atoms with E-state index in [1.807, 2.05) is 18.2 Å². The van der Waals surface area contributed by atoms with Gasteiger partial charge < -0.3 is 4.74 Å². The summed E-state index contributed by atoms with van der Waals surface area (Å²) in [5, 5.41) is 0.811. The summed E-state index contributed by atoms with van der Waals surface area (Å²) >= 11 is 6.22. The van der Waals surface area contributed by atoms with Crippen LogP contribution in [-0.4, -0.2) is 50.9 Å². The molecular formula is C17H25ClN2O3S. The van der Waals surface area contributed by atoms with Crippen molar-refractivity contribution in [2.24, 2.45) is 5.92 Å². The molecule has 0 amide bonds. The lowest BCUT2D eigenvalue weighted by atomic mass is 9.83. The topological polar surface area (TPSA) is 58.6 Å². The average Bonchev–Trinajstić information content (AvgIpc) is 2.55. The SMILES string of the molecule is CCS(=O)(=O)NCC1CCC2(CN(Cc3ccccc3Cl)C2)OC1. The Morgan fingerprint density at radius 3 is 2.75 bits per heavy atom. The van der Waals surface area contributed by atoms with Crippen molar-refractivity contribution in [1.82, 2.24) is 9.62 Å². The van der Waals surface area contributed by atoms with E-state index in [2.05, 4.69) is 15.7 Å². The molecule has 3 rings (SSSR count). The highest BCUT2D eigenvalue weighted by atomic mass is 35.5. The third-order valence-electron chi connectivity index (χ3n) is 4.98. The lowest BCUT2D eigenvalue weighted by Gasteiger charge is -2.53. The molecule has 24 heavy (non-hydrogen) atoms. The third-order valence-corrected chi connectivity index (χ3v) is 6.72. The summed E-state index contributed by atoms with van der Waals surface area (Å²) in [6.07, 6.45) is 2.00. The van der Waals surface area contributed by atoms with Gasteiger partial charge in [-0.15, -0.1) is 0 Å². The Labute approximate surface area is 149 Å². The molecule has 2 saturated heterocycles. The van der Waals surface area contributed by atoms with Gasteiger partial charge in [-0.25, -0.2) is 13.1 Å². The molecule has 1 N–H and O–H groups in total. The van der Waals surface area contributed by atoms with Gasteiger partial charge in [-0.1, -0.05) is 29.8 Å². The summed E-state index contributed by atoms with van der Waals surface area (Å²) in [6.45, 7) is 5.46. The molecule has 1 aromatic rings. The second-order valence-corrected chi connectivity index (χ2v) is 9.39. The van der Waals surface area contributed by atoms with E-state index in [1.54, 1.807) is 6.92 Å². The number of nitrogens with zero attached hydrogens (tertiary/aromatic N) is 1. The zero-order valence-corrected chi connectivity index (χ0v) is 15.6. The average molecular weight is 373 g/mol. The number of halogens is 1. The van der Waals surface area contributed by atoms with E-state index in [9.17, 15) is 8.42 Å². The number of rotatable bonds is 6. The second kappa shape index (κ2) is 7.30. The van der Waals surface area contributed by atoms with Crippen LogP contribution in [0.2, 0.25) is 5.02 Å². The lowest BCUT2D eigenvalue weighted by molar-refractivity contribution is -0.181. The van der Waals surface area contributed by atoms with Crippen LogP contribution >= 0.6 is 11.6 Å². The predicted octanol–water partition coefficient (Wildman–Crippen LogP) is 2.26. The normalized spacial score (nSPS) is 24.0.